The molecule has 0 saturated carbocycles. The summed E-state index contributed by atoms with van der Waals surface area (Å²) in [6.07, 6.45) is 0. The SMILES string of the molecule is COC(=O)c1ccc(NC(=O)c2c(C(=O)O)cccc2[N+](=O)[O-])cc1. The van der Waals surface area contributed by atoms with E-state index in [4.69, 9.17) is 5.11 Å². The number of amides is 1. The van der Waals surface area contributed by atoms with Crippen LogP contribution >= 0.6 is 0 Å². The number of esters is 1. The number of nitrogens with one attached hydrogen (secondary N) is 1. The fraction of sp³-hybridized carbons (Fsp3) is 0.0625. The maximum atomic E-state index is 12.4. The fourth-order valence-electron chi connectivity index (χ4n) is 2.11. The van der Waals surface area contributed by atoms with Gasteiger partial charge in [-0.1, -0.05) is 6.07 Å². The molecule has 9 heteroatoms. The van der Waals surface area contributed by atoms with Crippen molar-refractivity contribution in [3.63, 3.8) is 0 Å². The predicted octanol–water partition coefficient (Wildman–Crippen LogP) is 2.33. The largest absolute Gasteiger partial charge is 0.478 e. The van der Waals surface area contributed by atoms with Crippen LogP contribution in [0.3, 0.4) is 0 Å². The number of carboxylic acids is 1. The van der Waals surface area contributed by atoms with Crippen LogP contribution in [0.5, 0.6) is 0 Å². The van der Waals surface area contributed by atoms with Crippen molar-refractivity contribution < 1.29 is 29.2 Å². The van der Waals surface area contributed by atoms with Gasteiger partial charge in [0, 0.05) is 11.8 Å². The number of hydrogen-bond donors (Lipinski definition) is 2. The summed E-state index contributed by atoms with van der Waals surface area (Å²) in [6.45, 7) is 0. The van der Waals surface area contributed by atoms with E-state index in [0.29, 0.717) is 0 Å². The Hall–Kier alpha value is -3.75. The van der Waals surface area contributed by atoms with Gasteiger partial charge in [0.1, 0.15) is 5.56 Å². The standard InChI is InChI=1S/C16H12N2O7/c1-25-16(22)9-5-7-10(8-6-9)17-14(19)13-11(15(20)21)3-2-4-12(13)18(23)24/h2-8H,1H3,(H,17,19)(H,20,21). The lowest BCUT2D eigenvalue weighted by Gasteiger charge is -2.09. The lowest BCUT2D eigenvalue weighted by atomic mass is 10.0. The van der Waals surface area contributed by atoms with Crippen LogP contribution in [0.15, 0.2) is 42.5 Å². The first-order valence-corrected chi connectivity index (χ1v) is 6.85. The molecular weight excluding hydrogens is 332 g/mol. The molecule has 1 amide bonds. The van der Waals surface area contributed by atoms with E-state index in [1.807, 2.05) is 0 Å². The average molecular weight is 344 g/mol. The van der Waals surface area contributed by atoms with Crippen molar-refractivity contribution in [1.29, 1.82) is 0 Å². The highest BCUT2D eigenvalue weighted by Gasteiger charge is 2.27. The van der Waals surface area contributed by atoms with Crippen molar-refractivity contribution >= 4 is 29.2 Å². The Morgan fingerprint density at radius 1 is 1.12 bits per heavy atom. The van der Waals surface area contributed by atoms with Gasteiger partial charge in [0.25, 0.3) is 11.6 Å². The van der Waals surface area contributed by atoms with Crippen LogP contribution in [0, 0.1) is 10.1 Å². The Kier molecular flexibility index (Phi) is 5.08. The number of benzene rings is 2. The van der Waals surface area contributed by atoms with Crippen LogP contribution in [0.4, 0.5) is 11.4 Å². The molecule has 0 saturated heterocycles. The van der Waals surface area contributed by atoms with Crippen molar-refractivity contribution in [2.45, 2.75) is 0 Å². The molecule has 0 aromatic heterocycles. The number of nitro benzene ring substituents is 1. The Labute approximate surface area is 141 Å². The summed E-state index contributed by atoms with van der Waals surface area (Å²) < 4.78 is 4.54. The molecule has 0 heterocycles. The summed E-state index contributed by atoms with van der Waals surface area (Å²) in [5.41, 5.74) is -1.19. The number of rotatable bonds is 5. The van der Waals surface area contributed by atoms with Gasteiger partial charge in [-0.15, -0.1) is 0 Å². The summed E-state index contributed by atoms with van der Waals surface area (Å²) in [5.74, 6) is -2.98. The fourth-order valence-corrected chi connectivity index (χ4v) is 2.11. The summed E-state index contributed by atoms with van der Waals surface area (Å²) in [6, 6.07) is 8.88. The number of anilines is 1. The minimum Gasteiger partial charge on any atom is -0.478 e. The molecule has 0 fully saturated rings. The van der Waals surface area contributed by atoms with Gasteiger partial charge in [0.2, 0.25) is 0 Å². The van der Waals surface area contributed by atoms with Crippen molar-refractivity contribution in [2.24, 2.45) is 0 Å². The summed E-state index contributed by atoms with van der Waals surface area (Å²) in [4.78, 5) is 45.2. The second kappa shape index (κ2) is 7.21. The van der Waals surface area contributed by atoms with E-state index >= 15 is 0 Å². The van der Waals surface area contributed by atoms with Gasteiger partial charge in [-0.2, -0.15) is 0 Å². The topological polar surface area (TPSA) is 136 Å². The molecule has 2 rings (SSSR count). The third-order valence-electron chi connectivity index (χ3n) is 3.26. The highest BCUT2D eigenvalue weighted by Crippen LogP contribution is 2.24. The van der Waals surface area contributed by atoms with Crippen LogP contribution in [0.25, 0.3) is 0 Å². The Balaban J connectivity index is 2.36. The minimum atomic E-state index is -1.46. The zero-order valence-electron chi connectivity index (χ0n) is 12.9. The molecule has 0 bridgehead atoms. The molecule has 128 valence electrons. The maximum Gasteiger partial charge on any atom is 0.337 e. The molecule has 2 aromatic rings. The molecule has 0 atom stereocenters. The maximum absolute atomic E-state index is 12.4. The van der Waals surface area contributed by atoms with E-state index in [-0.39, 0.29) is 11.3 Å². The number of ether oxygens (including phenoxy) is 1. The lowest BCUT2D eigenvalue weighted by Crippen LogP contribution is -2.18. The Morgan fingerprint density at radius 3 is 2.28 bits per heavy atom. The first kappa shape index (κ1) is 17.6. The third-order valence-corrected chi connectivity index (χ3v) is 3.26. The van der Waals surface area contributed by atoms with Crippen LogP contribution in [-0.4, -0.2) is 35.0 Å². The number of methoxy groups -OCH3 is 1. The predicted molar refractivity (Wildman–Crippen MR) is 85.8 cm³/mol. The molecule has 0 aliphatic rings. The monoisotopic (exact) mass is 344 g/mol. The number of hydrogen-bond acceptors (Lipinski definition) is 6. The first-order chi connectivity index (χ1) is 11.8. The molecule has 0 unspecified atom stereocenters. The van der Waals surface area contributed by atoms with E-state index < -0.39 is 39.6 Å². The van der Waals surface area contributed by atoms with Crippen molar-refractivity contribution in [3.05, 3.63) is 69.3 Å². The van der Waals surface area contributed by atoms with Gasteiger partial charge >= 0.3 is 11.9 Å². The van der Waals surface area contributed by atoms with E-state index in [2.05, 4.69) is 10.1 Å². The van der Waals surface area contributed by atoms with Gasteiger partial charge < -0.3 is 15.2 Å². The van der Waals surface area contributed by atoms with Gasteiger partial charge in [0.05, 0.1) is 23.2 Å². The summed E-state index contributed by atoms with van der Waals surface area (Å²) in [5, 5.41) is 22.6. The summed E-state index contributed by atoms with van der Waals surface area (Å²) >= 11 is 0. The van der Waals surface area contributed by atoms with Crippen LogP contribution in [0.2, 0.25) is 0 Å². The molecular formula is C16H12N2O7. The molecule has 0 aliphatic carbocycles. The highest BCUT2D eigenvalue weighted by molar-refractivity contribution is 6.13. The second-order valence-electron chi connectivity index (χ2n) is 4.79. The molecule has 25 heavy (non-hydrogen) atoms. The van der Waals surface area contributed by atoms with Gasteiger partial charge in [0.15, 0.2) is 0 Å². The molecule has 9 nitrogen and oxygen atoms in total. The van der Waals surface area contributed by atoms with Crippen LogP contribution in [-0.2, 0) is 4.74 Å². The molecule has 0 spiro atoms. The van der Waals surface area contributed by atoms with E-state index in [1.54, 1.807) is 0 Å². The van der Waals surface area contributed by atoms with Crippen LogP contribution in [0.1, 0.15) is 31.1 Å². The lowest BCUT2D eigenvalue weighted by molar-refractivity contribution is -0.385. The normalized spacial score (nSPS) is 9.96. The quantitative estimate of drug-likeness (QED) is 0.482. The van der Waals surface area contributed by atoms with Gasteiger partial charge in [-0.25, -0.2) is 9.59 Å². The highest BCUT2D eigenvalue weighted by atomic mass is 16.6. The van der Waals surface area contributed by atoms with E-state index in [0.717, 1.165) is 12.1 Å². The van der Waals surface area contributed by atoms with Gasteiger partial charge in [-0.05, 0) is 30.3 Å². The van der Waals surface area contributed by atoms with E-state index in [1.165, 1.54) is 37.4 Å². The van der Waals surface area contributed by atoms with E-state index in [9.17, 15) is 24.5 Å². The number of nitrogens with zero attached hydrogens (tertiary/aromatic N) is 1. The number of carboxylic acid groups (broad SMARTS) is 1. The zero-order chi connectivity index (χ0) is 18.6. The number of carbonyl (C=O) groups excluding carboxylic acids is 2. The number of nitro groups is 1. The number of aromatic carboxylic acids is 1. The Bertz CT molecular complexity index is 827. The van der Waals surface area contributed by atoms with Crippen molar-refractivity contribution in [2.75, 3.05) is 12.4 Å². The molecule has 0 radical (unpaired) electrons. The average Bonchev–Trinajstić information content (AvgIpc) is 2.60. The second-order valence-corrected chi connectivity index (χ2v) is 4.79. The Morgan fingerprint density at radius 2 is 1.76 bits per heavy atom. The minimum absolute atomic E-state index is 0.229. The van der Waals surface area contributed by atoms with Crippen LogP contribution < -0.4 is 5.32 Å². The van der Waals surface area contributed by atoms with Crippen molar-refractivity contribution in [3.8, 4) is 0 Å². The number of carbonyl (C=O) groups is 3. The zero-order valence-corrected chi connectivity index (χ0v) is 12.9. The third kappa shape index (κ3) is 3.78. The summed E-state index contributed by atoms with van der Waals surface area (Å²) in [7, 11) is 1.22. The van der Waals surface area contributed by atoms with Crippen molar-refractivity contribution in [1.82, 2.24) is 0 Å². The first-order valence-electron chi connectivity index (χ1n) is 6.85. The van der Waals surface area contributed by atoms with Gasteiger partial charge in [-0.3, -0.25) is 14.9 Å². The molecule has 0 aliphatic heterocycles. The smallest absolute Gasteiger partial charge is 0.337 e. The molecule has 2 aromatic carbocycles. The molecule has 2 N–H and O–H groups in total.